The van der Waals surface area contributed by atoms with Gasteiger partial charge in [0.25, 0.3) is 0 Å². The fourth-order valence-electron chi connectivity index (χ4n) is 1.98. The van der Waals surface area contributed by atoms with Crippen molar-refractivity contribution in [1.82, 2.24) is 5.32 Å². The summed E-state index contributed by atoms with van der Waals surface area (Å²) >= 11 is 0. The van der Waals surface area contributed by atoms with Gasteiger partial charge in [-0.2, -0.15) is 0 Å². The first-order valence-electron chi connectivity index (χ1n) is 6.89. The summed E-state index contributed by atoms with van der Waals surface area (Å²) in [4.78, 5) is 0. The molecule has 0 amide bonds. The molecule has 1 rings (SSSR count). The number of unbranched alkanes of at least 4 members (excludes halogenated alkanes) is 1. The molecule has 1 aliphatic heterocycles. The molecule has 3 N–H and O–H groups in total. The molecule has 3 atom stereocenters. The van der Waals surface area contributed by atoms with Crippen LogP contribution in [0.5, 0.6) is 0 Å². The lowest BCUT2D eigenvalue weighted by Gasteiger charge is -2.26. The van der Waals surface area contributed by atoms with Gasteiger partial charge < -0.3 is 25.0 Å². The van der Waals surface area contributed by atoms with E-state index < -0.39 is 11.7 Å². The molecule has 0 spiro atoms. The van der Waals surface area contributed by atoms with Crippen molar-refractivity contribution in [3.63, 3.8) is 0 Å². The molecule has 0 aromatic carbocycles. The first kappa shape index (κ1) is 15.9. The molecule has 0 aliphatic carbocycles. The van der Waals surface area contributed by atoms with E-state index in [1.54, 1.807) is 0 Å². The molecule has 0 aromatic heterocycles. The molecule has 18 heavy (non-hydrogen) atoms. The molecule has 0 bridgehead atoms. The van der Waals surface area contributed by atoms with Gasteiger partial charge in [-0.05, 0) is 13.3 Å². The van der Waals surface area contributed by atoms with Gasteiger partial charge in [0.1, 0.15) is 5.60 Å². The molecular formula is C13H27NO4. The van der Waals surface area contributed by atoms with Gasteiger partial charge in [0, 0.05) is 32.7 Å². The Labute approximate surface area is 109 Å². The monoisotopic (exact) mass is 261 g/mol. The van der Waals surface area contributed by atoms with Gasteiger partial charge in [-0.1, -0.05) is 13.3 Å². The van der Waals surface area contributed by atoms with E-state index in [0.29, 0.717) is 39.3 Å². The average Bonchev–Trinajstić information content (AvgIpc) is 2.66. The summed E-state index contributed by atoms with van der Waals surface area (Å²) in [6.45, 7) is 6.50. The standard InChI is InChI=1S/C13H27NO4/c1-3-4-6-17-9-12(15)8-14-10-13(16)5-7-18-11(13)2/h11-12,14-16H,3-10H2,1-2H3. The SMILES string of the molecule is CCCCOCC(O)CNCC1(O)CCOC1C. The Morgan fingerprint density at radius 2 is 2.33 bits per heavy atom. The predicted molar refractivity (Wildman–Crippen MR) is 69.6 cm³/mol. The molecule has 5 nitrogen and oxygen atoms in total. The van der Waals surface area contributed by atoms with Gasteiger partial charge in [-0.25, -0.2) is 0 Å². The van der Waals surface area contributed by atoms with Gasteiger partial charge in [-0.15, -0.1) is 0 Å². The average molecular weight is 261 g/mol. The highest BCUT2D eigenvalue weighted by Crippen LogP contribution is 2.24. The van der Waals surface area contributed by atoms with Gasteiger partial charge in [-0.3, -0.25) is 0 Å². The predicted octanol–water partition coefficient (Wildman–Crippen LogP) is 0.293. The van der Waals surface area contributed by atoms with Crippen molar-refractivity contribution in [1.29, 1.82) is 0 Å². The van der Waals surface area contributed by atoms with Crippen molar-refractivity contribution in [3.05, 3.63) is 0 Å². The molecule has 1 heterocycles. The molecule has 1 fully saturated rings. The van der Waals surface area contributed by atoms with E-state index >= 15 is 0 Å². The first-order chi connectivity index (χ1) is 8.58. The maximum Gasteiger partial charge on any atom is 0.105 e. The van der Waals surface area contributed by atoms with E-state index in [1.807, 2.05) is 6.92 Å². The van der Waals surface area contributed by atoms with Crippen molar-refractivity contribution in [2.24, 2.45) is 0 Å². The Bertz CT molecular complexity index is 227. The van der Waals surface area contributed by atoms with Gasteiger partial charge in [0.05, 0.1) is 18.8 Å². The van der Waals surface area contributed by atoms with Crippen LogP contribution in [0.2, 0.25) is 0 Å². The number of ether oxygens (including phenoxy) is 2. The van der Waals surface area contributed by atoms with Crippen LogP contribution < -0.4 is 5.32 Å². The van der Waals surface area contributed by atoms with E-state index in [1.165, 1.54) is 0 Å². The van der Waals surface area contributed by atoms with Crippen LogP contribution in [-0.4, -0.2) is 60.9 Å². The van der Waals surface area contributed by atoms with E-state index in [0.717, 1.165) is 12.8 Å². The largest absolute Gasteiger partial charge is 0.389 e. The lowest BCUT2D eigenvalue weighted by molar-refractivity contribution is -0.0293. The van der Waals surface area contributed by atoms with Crippen LogP contribution in [0.15, 0.2) is 0 Å². The van der Waals surface area contributed by atoms with Crippen molar-refractivity contribution < 1.29 is 19.7 Å². The van der Waals surface area contributed by atoms with Gasteiger partial charge in [0.15, 0.2) is 0 Å². The Balaban J connectivity index is 2.06. The number of nitrogens with one attached hydrogen (secondary N) is 1. The van der Waals surface area contributed by atoms with E-state index in [4.69, 9.17) is 9.47 Å². The molecule has 1 saturated heterocycles. The van der Waals surface area contributed by atoms with Crippen molar-refractivity contribution in [2.75, 3.05) is 32.9 Å². The second-order valence-electron chi connectivity index (χ2n) is 5.08. The van der Waals surface area contributed by atoms with Crippen LogP contribution in [0.25, 0.3) is 0 Å². The Hall–Kier alpha value is -0.200. The zero-order chi connectivity index (χ0) is 13.4. The van der Waals surface area contributed by atoms with Gasteiger partial charge in [0.2, 0.25) is 0 Å². The lowest BCUT2D eigenvalue weighted by Crippen LogP contribution is -2.47. The third-order valence-corrected chi connectivity index (χ3v) is 3.42. The fraction of sp³-hybridized carbons (Fsp3) is 1.00. The van der Waals surface area contributed by atoms with Crippen molar-refractivity contribution >= 4 is 0 Å². The molecule has 0 saturated carbocycles. The molecule has 1 aliphatic rings. The Kier molecular flexibility index (Phi) is 7.11. The second-order valence-corrected chi connectivity index (χ2v) is 5.08. The van der Waals surface area contributed by atoms with Crippen LogP contribution in [0.3, 0.4) is 0 Å². The van der Waals surface area contributed by atoms with Crippen LogP contribution in [0.1, 0.15) is 33.1 Å². The third-order valence-electron chi connectivity index (χ3n) is 3.42. The maximum atomic E-state index is 10.2. The summed E-state index contributed by atoms with van der Waals surface area (Å²) in [5, 5.41) is 23.0. The molecule has 0 radical (unpaired) electrons. The molecule has 3 unspecified atom stereocenters. The van der Waals surface area contributed by atoms with Crippen molar-refractivity contribution in [2.45, 2.75) is 50.9 Å². The third kappa shape index (κ3) is 5.20. The fourth-order valence-corrected chi connectivity index (χ4v) is 1.98. The number of hydrogen-bond donors (Lipinski definition) is 3. The molecule has 5 heteroatoms. The number of aliphatic hydroxyl groups excluding tert-OH is 1. The summed E-state index contributed by atoms with van der Waals surface area (Å²) in [6.07, 6.45) is 2.09. The summed E-state index contributed by atoms with van der Waals surface area (Å²) < 4.78 is 10.7. The normalized spacial score (nSPS) is 29.7. The highest BCUT2D eigenvalue weighted by atomic mass is 16.5. The quantitative estimate of drug-likeness (QED) is 0.521. The van der Waals surface area contributed by atoms with E-state index in [2.05, 4.69) is 12.2 Å². The van der Waals surface area contributed by atoms with Crippen LogP contribution in [0, 0.1) is 0 Å². The number of rotatable bonds is 9. The lowest BCUT2D eigenvalue weighted by atomic mass is 9.97. The molecular weight excluding hydrogens is 234 g/mol. The first-order valence-corrected chi connectivity index (χ1v) is 6.89. The zero-order valence-corrected chi connectivity index (χ0v) is 11.5. The minimum absolute atomic E-state index is 0.150. The second kappa shape index (κ2) is 8.07. The molecule has 0 aromatic rings. The summed E-state index contributed by atoms with van der Waals surface area (Å²) in [5.74, 6) is 0. The molecule has 108 valence electrons. The van der Waals surface area contributed by atoms with E-state index in [9.17, 15) is 10.2 Å². The minimum Gasteiger partial charge on any atom is -0.389 e. The highest BCUT2D eigenvalue weighted by molar-refractivity contribution is 4.91. The zero-order valence-electron chi connectivity index (χ0n) is 11.5. The van der Waals surface area contributed by atoms with Crippen LogP contribution >= 0.6 is 0 Å². The van der Waals surface area contributed by atoms with Crippen LogP contribution in [0.4, 0.5) is 0 Å². The van der Waals surface area contributed by atoms with E-state index in [-0.39, 0.29) is 6.10 Å². The Morgan fingerprint density at radius 1 is 1.56 bits per heavy atom. The summed E-state index contributed by atoms with van der Waals surface area (Å²) in [5.41, 5.74) is -0.803. The summed E-state index contributed by atoms with van der Waals surface area (Å²) in [7, 11) is 0. The van der Waals surface area contributed by atoms with Gasteiger partial charge >= 0.3 is 0 Å². The smallest absolute Gasteiger partial charge is 0.105 e. The van der Waals surface area contributed by atoms with Crippen LogP contribution in [-0.2, 0) is 9.47 Å². The highest BCUT2D eigenvalue weighted by Gasteiger charge is 2.39. The summed E-state index contributed by atoms with van der Waals surface area (Å²) in [6, 6.07) is 0. The minimum atomic E-state index is -0.803. The topological polar surface area (TPSA) is 71.0 Å². The number of hydrogen-bond acceptors (Lipinski definition) is 5. The number of aliphatic hydroxyl groups is 2. The maximum absolute atomic E-state index is 10.2. The Morgan fingerprint density at radius 3 is 2.94 bits per heavy atom. The van der Waals surface area contributed by atoms with Crippen molar-refractivity contribution in [3.8, 4) is 0 Å².